The Morgan fingerprint density at radius 1 is 1.11 bits per heavy atom. The molecule has 0 saturated carbocycles. The van der Waals surface area contributed by atoms with Gasteiger partial charge in [0.2, 0.25) is 0 Å². The number of rotatable bonds is 2. The van der Waals surface area contributed by atoms with E-state index in [-0.39, 0.29) is 5.97 Å². The van der Waals surface area contributed by atoms with Crippen molar-refractivity contribution < 1.29 is 14.3 Å². The number of hydrogen-bond donors (Lipinski definition) is 0. The number of carbonyl (C=O) groups is 1. The molecule has 3 nitrogen and oxygen atoms in total. The summed E-state index contributed by atoms with van der Waals surface area (Å²) in [5, 5.41) is 2.19. The molecule has 1 aliphatic heterocycles. The summed E-state index contributed by atoms with van der Waals surface area (Å²) < 4.78 is 10.3. The monoisotopic (exact) mass is 240 g/mol. The van der Waals surface area contributed by atoms with Crippen LogP contribution in [0.1, 0.15) is 12.0 Å². The molecule has 2 aromatic rings. The molecule has 0 atom stereocenters. The molecule has 0 fully saturated rings. The third kappa shape index (κ3) is 1.84. The van der Waals surface area contributed by atoms with Gasteiger partial charge in [0.05, 0.1) is 13.5 Å². The average molecular weight is 240 g/mol. The van der Waals surface area contributed by atoms with Crippen LogP contribution >= 0.6 is 0 Å². The van der Waals surface area contributed by atoms with E-state index in [4.69, 9.17) is 9.47 Å². The Kier molecular flexibility index (Phi) is 2.52. The van der Waals surface area contributed by atoms with Gasteiger partial charge in [0, 0.05) is 5.56 Å². The summed E-state index contributed by atoms with van der Waals surface area (Å²) in [6, 6.07) is 11.9. The highest BCUT2D eigenvalue weighted by Gasteiger charge is 2.16. The zero-order chi connectivity index (χ0) is 12.5. The molecule has 0 amide bonds. The van der Waals surface area contributed by atoms with E-state index >= 15 is 0 Å². The second-order valence-corrected chi connectivity index (χ2v) is 4.17. The van der Waals surface area contributed by atoms with Gasteiger partial charge < -0.3 is 9.47 Å². The Morgan fingerprint density at radius 2 is 1.89 bits per heavy atom. The molecule has 2 aromatic carbocycles. The minimum Gasteiger partial charge on any atom is -0.497 e. The van der Waals surface area contributed by atoms with Crippen molar-refractivity contribution in [2.45, 2.75) is 6.42 Å². The summed E-state index contributed by atoms with van der Waals surface area (Å²) >= 11 is 0. The number of esters is 1. The Balaban J connectivity index is 2.04. The zero-order valence-corrected chi connectivity index (χ0v) is 9.97. The molecule has 0 N–H and O–H groups in total. The fraction of sp³-hybridized carbons (Fsp3) is 0.133. The first-order chi connectivity index (χ1) is 8.76. The normalized spacial score (nSPS) is 14.5. The maximum Gasteiger partial charge on any atom is 0.315 e. The van der Waals surface area contributed by atoms with Gasteiger partial charge in [-0.3, -0.25) is 4.79 Å². The van der Waals surface area contributed by atoms with Crippen LogP contribution in [0.2, 0.25) is 0 Å². The fourth-order valence-corrected chi connectivity index (χ4v) is 2.06. The van der Waals surface area contributed by atoms with Gasteiger partial charge >= 0.3 is 5.97 Å². The van der Waals surface area contributed by atoms with E-state index in [2.05, 4.69) is 0 Å². The molecule has 1 aliphatic rings. The summed E-state index contributed by atoms with van der Waals surface area (Å²) in [5.74, 6) is 1.29. The highest BCUT2D eigenvalue weighted by molar-refractivity contribution is 5.90. The summed E-state index contributed by atoms with van der Waals surface area (Å²) in [6.45, 7) is 0. The SMILES string of the molecule is COc1ccc2cc(C3=CCC(=O)O3)ccc2c1. The van der Waals surface area contributed by atoms with Crippen LogP contribution < -0.4 is 4.74 Å². The van der Waals surface area contributed by atoms with Gasteiger partial charge in [0.1, 0.15) is 11.5 Å². The van der Waals surface area contributed by atoms with Gasteiger partial charge in [0.25, 0.3) is 0 Å². The van der Waals surface area contributed by atoms with E-state index < -0.39 is 0 Å². The van der Waals surface area contributed by atoms with E-state index in [0.29, 0.717) is 12.2 Å². The molecule has 0 aromatic heterocycles. The molecule has 3 rings (SSSR count). The average Bonchev–Trinajstić information content (AvgIpc) is 2.84. The Morgan fingerprint density at radius 3 is 2.61 bits per heavy atom. The molecule has 1 heterocycles. The van der Waals surface area contributed by atoms with Crippen LogP contribution in [0.3, 0.4) is 0 Å². The Hall–Kier alpha value is -2.29. The lowest BCUT2D eigenvalue weighted by Crippen LogP contribution is -1.93. The fourth-order valence-electron chi connectivity index (χ4n) is 2.06. The number of hydrogen-bond acceptors (Lipinski definition) is 3. The summed E-state index contributed by atoms with van der Waals surface area (Å²) in [4.78, 5) is 11.1. The standard InChI is InChI=1S/C15H12O3/c1-17-13-5-4-10-8-12(3-2-11(10)9-13)14-6-7-15(16)18-14/h2-6,8-9H,7H2,1H3. The summed E-state index contributed by atoms with van der Waals surface area (Å²) in [5.41, 5.74) is 0.929. The Bertz CT molecular complexity index is 656. The maximum absolute atomic E-state index is 11.1. The van der Waals surface area contributed by atoms with Crippen LogP contribution in [0.5, 0.6) is 5.75 Å². The smallest absolute Gasteiger partial charge is 0.315 e. The molecular formula is C15H12O3. The number of ether oxygens (including phenoxy) is 2. The molecule has 3 heteroatoms. The number of fused-ring (bicyclic) bond motifs is 1. The van der Waals surface area contributed by atoms with Crippen molar-refractivity contribution in [2.75, 3.05) is 7.11 Å². The van der Waals surface area contributed by atoms with Crippen molar-refractivity contribution in [2.24, 2.45) is 0 Å². The predicted octanol–water partition coefficient (Wildman–Crippen LogP) is 3.14. The van der Waals surface area contributed by atoms with Gasteiger partial charge in [0.15, 0.2) is 0 Å². The molecule has 90 valence electrons. The molecular weight excluding hydrogens is 228 g/mol. The zero-order valence-electron chi connectivity index (χ0n) is 9.97. The minimum absolute atomic E-state index is 0.195. The van der Waals surface area contributed by atoms with Gasteiger partial charge in [-0.1, -0.05) is 18.2 Å². The van der Waals surface area contributed by atoms with E-state index in [0.717, 1.165) is 22.1 Å². The van der Waals surface area contributed by atoms with Crippen LogP contribution in [0.15, 0.2) is 42.5 Å². The molecule has 0 saturated heterocycles. The third-order valence-electron chi connectivity index (χ3n) is 3.01. The first-order valence-corrected chi connectivity index (χ1v) is 5.75. The second kappa shape index (κ2) is 4.18. The quantitative estimate of drug-likeness (QED) is 0.756. The highest BCUT2D eigenvalue weighted by Crippen LogP contribution is 2.27. The first-order valence-electron chi connectivity index (χ1n) is 5.75. The largest absolute Gasteiger partial charge is 0.497 e. The number of benzene rings is 2. The first kappa shape index (κ1) is 10.8. The molecule has 0 radical (unpaired) electrons. The van der Waals surface area contributed by atoms with Crippen LogP contribution in [-0.4, -0.2) is 13.1 Å². The number of methoxy groups -OCH3 is 1. The highest BCUT2D eigenvalue weighted by atomic mass is 16.5. The molecule has 0 aliphatic carbocycles. The van der Waals surface area contributed by atoms with Crippen LogP contribution in [0.25, 0.3) is 16.5 Å². The van der Waals surface area contributed by atoms with Crippen molar-refractivity contribution in [3.05, 3.63) is 48.0 Å². The molecule has 0 bridgehead atoms. The van der Waals surface area contributed by atoms with Crippen molar-refractivity contribution in [1.82, 2.24) is 0 Å². The molecule has 0 spiro atoms. The summed E-state index contributed by atoms with van der Waals surface area (Å²) in [7, 11) is 1.65. The van der Waals surface area contributed by atoms with Crippen molar-refractivity contribution in [3.63, 3.8) is 0 Å². The number of carbonyl (C=O) groups excluding carboxylic acids is 1. The van der Waals surface area contributed by atoms with Gasteiger partial charge in [-0.25, -0.2) is 0 Å². The third-order valence-corrected chi connectivity index (χ3v) is 3.01. The predicted molar refractivity (Wildman–Crippen MR) is 69.2 cm³/mol. The molecule has 18 heavy (non-hydrogen) atoms. The lowest BCUT2D eigenvalue weighted by molar-refractivity contribution is -0.134. The van der Waals surface area contributed by atoms with E-state index in [1.54, 1.807) is 7.11 Å². The topological polar surface area (TPSA) is 35.5 Å². The Labute approximate surface area is 105 Å². The summed E-state index contributed by atoms with van der Waals surface area (Å²) in [6.07, 6.45) is 2.17. The van der Waals surface area contributed by atoms with E-state index in [1.165, 1.54) is 0 Å². The van der Waals surface area contributed by atoms with Gasteiger partial charge in [-0.2, -0.15) is 0 Å². The number of cyclic esters (lactones) is 1. The van der Waals surface area contributed by atoms with Crippen molar-refractivity contribution >= 4 is 22.5 Å². The molecule has 0 unspecified atom stereocenters. The van der Waals surface area contributed by atoms with Crippen LogP contribution in [-0.2, 0) is 9.53 Å². The lowest BCUT2D eigenvalue weighted by Gasteiger charge is -2.06. The van der Waals surface area contributed by atoms with Gasteiger partial charge in [-0.05, 0) is 35.0 Å². The maximum atomic E-state index is 11.1. The minimum atomic E-state index is -0.195. The van der Waals surface area contributed by atoms with Crippen LogP contribution in [0.4, 0.5) is 0 Å². The van der Waals surface area contributed by atoms with Gasteiger partial charge in [-0.15, -0.1) is 0 Å². The van der Waals surface area contributed by atoms with Crippen molar-refractivity contribution in [3.8, 4) is 5.75 Å². The van der Waals surface area contributed by atoms with Crippen LogP contribution in [0, 0.1) is 0 Å². The van der Waals surface area contributed by atoms with Crippen molar-refractivity contribution in [1.29, 1.82) is 0 Å². The van der Waals surface area contributed by atoms with E-state index in [9.17, 15) is 4.79 Å². The lowest BCUT2D eigenvalue weighted by atomic mass is 10.1. The second-order valence-electron chi connectivity index (χ2n) is 4.17. The van der Waals surface area contributed by atoms with E-state index in [1.807, 2.05) is 42.5 Å².